The van der Waals surface area contributed by atoms with Crippen LogP contribution in [0.3, 0.4) is 0 Å². The van der Waals surface area contributed by atoms with Crippen molar-refractivity contribution in [3.05, 3.63) is 102 Å². The van der Waals surface area contributed by atoms with Gasteiger partial charge in [0, 0.05) is 0 Å². The average molecular weight is 550 g/mol. The Hall–Kier alpha value is -2.78. The molecule has 36 heavy (non-hydrogen) atoms. The second-order valence-corrected chi connectivity index (χ2v) is 12.0. The first-order valence-corrected chi connectivity index (χ1v) is 14.8. The molecule has 0 spiro atoms. The molecular formula is C30H35AsFN2O2. The normalized spacial score (nSPS) is 13.3. The van der Waals surface area contributed by atoms with Gasteiger partial charge in [-0.2, -0.15) is 0 Å². The van der Waals surface area contributed by atoms with Gasteiger partial charge >= 0.3 is 221 Å². The molecule has 3 rings (SSSR count). The number of nitrogens with zero attached hydrogens (tertiary/aromatic N) is 2. The standard InChI is InChI=1S/C30H35AsFN2O2/c1-21(2)34(22(3)4)30(36)29(25-14-10-18-33-20-25)26(23-11-6-5-7-12-23)19-31-28(35)17-16-24-13-8-9-15-27(24)32/h5-15,18,20-22,26,29H,16-17,19H2,1-4H3. The van der Waals surface area contributed by atoms with Crippen LogP contribution in [0.25, 0.3) is 0 Å². The summed E-state index contributed by atoms with van der Waals surface area (Å²) in [5, 5.41) is 0.617. The van der Waals surface area contributed by atoms with E-state index in [-0.39, 0.29) is 34.3 Å². The zero-order valence-corrected chi connectivity index (χ0v) is 23.3. The zero-order valence-electron chi connectivity index (χ0n) is 21.5. The molecular weight excluding hydrogens is 514 g/mol. The van der Waals surface area contributed by atoms with Crippen LogP contribution in [-0.4, -0.2) is 48.2 Å². The van der Waals surface area contributed by atoms with E-state index in [0.717, 1.165) is 11.1 Å². The Kier molecular flexibility index (Phi) is 10.4. The van der Waals surface area contributed by atoms with Crippen LogP contribution in [0, 0.1) is 5.82 Å². The molecule has 1 amide bonds. The van der Waals surface area contributed by atoms with E-state index in [9.17, 15) is 14.0 Å². The molecule has 1 heterocycles. The monoisotopic (exact) mass is 549 g/mol. The molecule has 6 heteroatoms. The van der Waals surface area contributed by atoms with Gasteiger partial charge in [0.15, 0.2) is 0 Å². The van der Waals surface area contributed by atoms with Crippen LogP contribution in [0.2, 0.25) is 5.21 Å². The number of rotatable bonds is 12. The van der Waals surface area contributed by atoms with E-state index in [2.05, 4.69) is 4.98 Å². The first kappa shape index (κ1) is 27.8. The molecule has 2 unspecified atom stereocenters. The molecule has 0 aliphatic heterocycles. The Morgan fingerprint density at radius 3 is 2.14 bits per heavy atom. The Balaban J connectivity index is 1.89. The van der Waals surface area contributed by atoms with Crippen LogP contribution in [0.1, 0.15) is 62.6 Å². The van der Waals surface area contributed by atoms with E-state index in [1.54, 1.807) is 30.6 Å². The van der Waals surface area contributed by atoms with Crippen molar-refractivity contribution in [2.75, 3.05) is 0 Å². The molecule has 4 nitrogen and oxygen atoms in total. The third-order valence-corrected chi connectivity index (χ3v) is 8.75. The van der Waals surface area contributed by atoms with Crippen molar-refractivity contribution in [2.24, 2.45) is 0 Å². The van der Waals surface area contributed by atoms with Crippen LogP contribution in [-0.2, 0) is 16.0 Å². The maximum absolute atomic E-state index is 14.1. The van der Waals surface area contributed by atoms with Gasteiger partial charge in [-0.05, 0) is 0 Å². The van der Waals surface area contributed by atoms with Crippen LogP contribution >= 0.6 is 0 Å². The summed E-state index contributed by atoms with van der Waals surface area (Å²) in [7, 11) is 0. The van der Waals surface area contributed by atoms with Crippen molar-refractivity contribution >= 4 is 26.2 Å². The summed E-state index contributed by atoms with van der Waals surface area (Å²) >= 11 is -0.692. The summed E-state index contributed by atoms with van der Waals surface area (Å²) in [6.07, 6.45) is 4.20. The number of aryl methyl sites for hydroxylation is 1. The molecule has 0 saturated heterocycles. The van der Waals surface area contributed by atoms with E-state index in [0.29, 0.717) is 23.6 Å². The second-order valence-electron chi connectivity index (χ2n) is 9.54. The molecule has 0 fully saturated rings. The average Bonchev–Trinajstić information content (AvgIpc) is 2.86. The van der Waals surface area contributed by atoms with Crippen molar-refractivity contribution in [3.63, 3.8) is 0 Å². The van der Waals surface area contributed by atoms with Crippen molar-refractivity contribution in [1.82, 2.24) is 9.88 Å². The number of benzene rings is 2. The van der Waals surface area contributed by atoms with Gasteiger partial charge in [-0.3, -0.25) is 0 Å². The Labute approximate surface area is 221 Å². The SMILES string of the molecule is CC(C)N(C(=O)C(c1cccnc1)C(C[As]C(=O)CCc1ccccc1F)c1ccccc1)C(C)C. The van der Waals surface area contributed by atoms with E-state index in [1.165, 1.54) is 6.07 Å². The van der Waals surface area contributed by atoms with Gasteiger partial charge in [-0.1, -0.05) is 0 Å². The van der Waals surface area contributed by atoms with Crippen molar-refractivity contribution in [2.45, 2.75) is 69.7 Å². The van der Waals surface area contributed by atoms with E-state index in [1.807, 2.05) is 75.1 Å². The van der Waals surface area contributed by atoms with Gasteiger partial charge < -0.3 is 0 Å². The summed E-state index contributed by atoms with van der Waals surface area (Å²) in [6.45, 7) is 8.14. The molecule has 189 valence electrons. The fraction of sp³-hybridized carbons (Fsp3) is 0.367. The summed E-state index contributed by atoms with van der Waals surface area (Å²) < 4.78 is 14.2. The second kappa shape index (κ2) is 13.5. The fourth-order valence-corrected chi connectivity index (χ4v) is 6.99. The van der Waals surface area contributed by atoms with Crippen molar-refractivity contribution in [3.8, 4) is 0 Å². The summed E-state index contributed by atoms with van der Waals surface area (Å²) in [5.41, 5.74) is 2.48. The fourth-order valence-electron chi connectivity index (χ4n) is 4.70. The molecule has 0 bridgehead atoms. The molecule has 1 aromatic heterocycles. The van der Waals surface area contributed by atoms with E-state index < -0.39 is 21.7 Å². The predicted molar refractivity (Wildman–Crippen MR) is 144 cm³/mol. The van der Waals surface area contributed by atoms with Gasteiger partial charge in [0.2, 0.25) is 0 Å². The van der Waals surface area contributed by atoms with Gasteiger partial charge in [-0.25, -0.2) is 0 Å². The summed E-state index contributed by atoms with van der Waals surface area (Å²) in [6, 6.07) is 20.5. The third-order valence-electron chi connectivity index (χ3n) is 6.34. The first-order chi connectivity index (χ1) is 17.3. The van der Waals surface area contributed by atoms with Crippen LogP contribution in [0.5, 0.6) is 0 Å². The van der Waals surface area contributed by atoms with Crippen molar-refractivity contribution in [1.29, 1.82) is 0 Å². The molecule has 2 aromatic carbocycles. The number of pyridine rings is 1. The van der Waals surface area contributed by atoms with Crippen LogP contribution in [0.15, 0.2) is 79.1 Å². The van der Waals surface area contributed by atoms with Crippen LogP contribution in [0.4, 0.5) is 4.39 Å². The Bertz CT molecular complexity index is 1110. The maximum atomic E-state index is 14.1. The number of carbonyl (C=O) groups excluding carboxylic acids is 2. The minimum atomic E-state index is -0.692. The molecule has 0 aliphatic carbocycles. The van der Waals surface area contributed by atoms with Crippen LogP contribution < -0.4 is 0 Å². The number of hydrogen-bond acceptors (Lipinski definition) is 3. The first-order valence-electron chi connectivity index (χ1n) is 12.5. The number of amides is 1. The summed E-state index contributed by atoms with van der Waals surface area (Å²) in [5.74, 6) is -0.809. The Morgan fingerprint density at radius 1 is 0.889 bits per heavy atom. The van der Waals surface area contributed by atoms with Gasteiger partial charge in [-0.15, -0.1) is 0 Å². The molecule has 1 radical (unpaired) electrons. The minimum absolute atomic E-state index is 0.0451. The van der Waals surface area contributed by atoms with E-state index >= 15 is 0 Å². The molecule has 3 aromatic rings. The third kappa shape index (κ3) is 7.36. The number of aromatic nitrogens is 1. The van der Waals surface area contributed by atoms with Gasteiger partial charge in [0.1, 0.15) is 0 Å². The van der Waals surface area contributed by atoms with E-state index in [4.69, 9.17) is 0 Å². The molecule has 2 atom stereocenters. The van der Waals surface area contributed by atoms with Crippen molar-refractivity contribution < 1.29 is 14.0 Å². The topological polar surface area (TPSA) is 50.3 Å². The number of carbonyl (C=O) groups is 2. The number of halogens is 1. The van der Waals surface area contributed by atoms with Gasteiger partial charge in [0.25, 0.3) is 0 Å². The molecule has 0 aliphatic rings. The zero-order chi connectivity index (χ0) is 26.1. The molecule has 0 saturated carbocycles. The number of hydrogen-bond donors (Lipinski definition) is 0. The summed E-state index contributed by atoms with van der Waals surface area (Å²) in [4.78, 5) is 33.3. The Morgan fingerprint density at radius 2 is 1.53 bits per heavy atom. The molecule has 0 N–H and O–H groups in total. The quantitative estimate of drug-likeness (QED) is 0.260. The van der Waals surface area contributed by atoms with Gasteiger partial charge in [0.05, 0.1) is 0 Å². The predicted octanol–water partition coefficient (Wildman–Crippen LogP) is 6.02.